The minimum atomic E-state index is -4.68. The number of carbonyl (C=O) groups excluding carboxylic acids is 2. The number of aromatic nitrogens is 1. The number of nitrogens with one attached hydrogen (secondary N) is 1. The number of fused-ring (bicyclic) bond motifs is 1. The Morgan fingerprint density at radius 2 is 1.78 bits per heavy atom. The SMILES string of the molecule is C=c1c(OC)cc(CC(c2cc3c(c(-c4cc(F)c(F)cc4Cl)n2)OCC3C)C(F)(F)F)c/c1=C/NCCC.NC=O.NC=O. The Bertz CT molecular complexity index is 1600. The zero-order valence-corrected chi connectivity index (χ0v) is 25.6. The van der Waals surface area contributed by atoms with Gasteiger partial charge in [-0.25, -0.2) is 13.8 Å². The van der Waals surface area contributed by atoms with Crippen molar-refractivity contribution in [2.45, 2.75) is 44.7 Å². The van der Waals surface area contributed by atoms with E-state index < -0.39 is 30.1 Å². The third kappa shape index (κ3) is 9.30. The first-order chi connectivity index (χ1) is 21.3. The van der Waals surface area contributed by atoms with Gasteiger partial charge in [-0.2, -0.15) is 13.2 Å². The second-order valence-corrected chi connectivity index (χ2v) is 10.2. The predicted molar refractivity (Wildman–Crippen MR) is 162 cm³/mol. The van der Waals surface area contributed by atoms with Gasteiger partial charge in [-0.15, -0.1) is 0 Å². The number of benzene rings is 2. The maximum atomic E-state index is 14.6. The number of nitrogens with zero attached hydrogens (tertiary/aromatic N) is 1. The molecule has 3 aromatic rings. The van der Waals surface area contributed by atoms with Crippen molar-refractivity contribution in [1.29, 1.82) is 0 Å². The summed E-state index contributed by atoms with van der Waals surface area (Å²) in [5.41, 5.74) is 8.81. The molecule has 1 aromatic heterocycles. The molecule has 0 spiro atoms. The number of nitrogens with two attached hydrogens (primary N) is 2. The quantitative estimate of drug-likeness (QED) is 0.143. The highest BCUT2D eigenvalue weighted by molar-refractivity contribution is 6.33. The highest BCUT2D eigenvalue weighted by atomic mass is 35.5. The lowest BCUT2D eigenvalue weighted by Gasteiger charge is -2.22. The Morgan fingerprint density at radius 3 is 2.36 bits per heavy atom. The molecular weight excluding hydrogens is 623 g/mol. The monoisotopic (exact) mass is 656 g/mol. The van der Waals surface area contributed by atoms with Gasteiger partial charge in [0.15, 0.2) is 11.6 Å². The molecule has 14 heteroatoms. The van der Waals surface area contributed by atoms with Crippen LogP contribution in [0.5, 0.6) is 11.5 Å². The molecule has 0 radical (unpaired) electrons. The summed E-state index contributed by atoms with van der Waals surface area (Å²) < 4.78 is 82.8. The van der Waals surface area contributed by atoms with Gasteiger partial charge >= 0.3 is 6.18 Å². The smallest absolute Gasteiger partial charge is 0.397 e. The molecule has 244 valence electrons. The van der Waals surface area contributed by atoms with Gasteiger partial charge in [0.2, 0.25) is 12.8 Å². The summed E-state index contributed by atoms with van der Waals surface area (Å²) in [4.78, 5) is 21.5. The van der Waals surface area contributed by atoms with Gasteiger partial charge in [0.25, 0.3) is 0 Å². The van der Waals surface area contributed by atoms with Crippen LogP contribution in [0.1, 0.15) is 48.9 Å². The van der Waals surface area contributed by atoms with E-state index in [1.165, 1.54) is 19.2 Å². The van der Waals surface area contributed by atoms with Crippen molar-refractivity contribution in [2.75, 3.05) is 20.3 Å². The molecule has 2 atom stereocenters. The highest BCUT2D eigenvalue weighted by Gasteiger charge is 2.43. The van der Waals surface area contributed by atoms with Gasteiger partial charge in [-0.3, -0.25) is 9.59 Å². The lowest BCUT2D eigenvalue weighted by molar-refractivity contribution is -0.151. The Labute approximate surface area is 261 Å². The number of amides is 2. The zero-order valence-electron chi connectivity index (χ0n) is 24.8. The van der Waals surface area contributed by atoms with Crippen molar-refractivity contribution in [2.24, 2.45) is 11.5 Å². The predicted octanol–water partition coefficient (Wildman–Crippen LogP) is 4.42. The third-order valence-electron chi connectivity index (χ3n) is 6.66. The second kappa shape index (κ2) is 16.6. The number of halogens is 6. The third-order valence-corrected chi connectivity index (χ3v) is 6.97. The summed E-state index contributed by atoms with van der Waals surface area (Å²) in [6, 6.07) is 6.14. The fourth-order valence-corrected chi connectivity index (χ4v) is 4.80. The fourth-order valence-electron chi connectivity index (χ4n) is 4.56. The van der Waals surface area contributed by atoms with Crippen LogP contribution in [0.4, 0.5) is 22.0 Å². The van der Waals surface area contributed by atoms with E-state index in [2.05, 4.69) is 28.3 Å². The minimum absolute atomic E-state index is 0.0503. The average Bonchev–Trinajstić information content (AvgIpc) is 3.35. The van der Waals surface area contributed by atoms with Crippen LogP contribution in [-0.4, -0.2) is 44.2 Å². The van der Waals surface area contributed by atoms with Gasteiger partial charge in [-0.05, 0) is 48.7 Å². The normalized spacial score (nSPS) is 14.5. The van der Waals surface area contributed by atoms with Crippen LogP contribution in [0.25, 0.3) is 24.0 Å². The van der Waals surface area contributed by atoms with E-state index in [1.54, 1.807) is 19.2 Å². The average molecular weight is 657 g/mol. The molecule has 2 amide bonds. The molecular formula is C31H34ClF5N4O4. The molecule has 2 heterocycles. The highest BCUT2D eigenvalue weighted by Crippen LogP contribution is 2.46. The molecule has 5 N–H and O–H groups in total. The van der Waals surface area contributed by atoms with Crippen molar-refractivity contribution < 1.29 is 41.0 Å². The Hall–Kier alpha value is -4.39. The molecule has 4 rings (SSSR count). The van der Waals surface area contributed by atoms with Crippen molar-refractivity contribution >= 4 is 37.2 Å². The minimum Gasteiger partial charge on any atom is -0.496 e. The number of methoxy groups -OCH3 is 1. The number of carbonyl (C=O) groups is 2. The number of hydrogen-bond acceptors (Lipinski definition) is 6. The van der Waals surface area contributed by atoms with Crippen LogP contribution >= 0.6 is 11.6 Å². The van der Waals surface area contributed by atoms with E-state index in [1.807, 2.05) is 6.92 Å². The van der Waals surface area contributed by atoms with Gasteiger partial charge in [-0.1, -0.05) is 32.0 Å². The van der Waals surface area contributed by atoms with E-state index >= 15 is 0 Å². The summed E-state index contributed by atoms with van der Waals surface area (Å²) in [6.45, 7) is 8.69. The van der Waals surface area contributed by atoms with Crippen molar-refractivity contribution in [3.63, 3.8) is 0 Å². The standard InChI is InChI=1S/C29H28ClF5N2O2.2CH3NO/c1-5-6-36-13-18-7-17(9-26(38-4)16(18)3)8-21(29(33,34)35)25-11-19-15(2)14-39-28(19)27(37-25)20-10-23(31)24(32)12-22(20)30;2*2-1-3/h7,9-13,15,21,36H,3,5-6,8,14H2,1-2,4H3;2*1H,(H2,2,3)/b18-13-;;. The number of alkyl halides is 3. The van der Waals surface area contributed by atoms with Crippen LogP contribution < -0.4 is 36.7 Å². The first-order valence-corrected chi connectivity index (χ1v) is 13.9. The largest absolute Gasteiger partial charge is 0.496 e. The molecule has 0 saturated heterocycles. The van der Waals surface area contributed by atoms with Gasteiger partial charge < -0.3 is 26.3 Å². The maximum Gasteiger partial charge on any atom is 0.397 e. The van der Waals surface area contributed by atoms with E-state index in [4.69, 9.17) is 30.7 Å². The van der Waals surface area contributed by atoms with Gasteiger partial charge in [0, 0.05) is 40.2 Å². The summed E-state index contributed by atoms with van der Waals surface area (Å²) in [7, 11) is 1.43. The lowest BCUT2D eigenvalue weighted by atomic mass is 9.91. The summed E-state index contributed by atoms with van der Waals surface area (Å²) in [6.07, 6.45) is -2.05. The van der Waals surface area contributed by atoms with Crippen molar-refractivity contribution in [3.8, 4) is 22.8 Å². The van der Waals surface area contributed by atoms with Gasteiger partial charge in [0.1, 0.15) is 23.1 Å². The number of primary amides is 2. The maximum absolute atomic E-state index is 14.6. The summed E-state index contributed by atoms with van der Waals surface area (Å²) in [5, 5.41) is 4.08. The second-order valence-electron chi connectivity index (χ2n) is 9.81. The van der Waals surface area contributed by atoms with E-state index in [-0.39, 0.29) is 53.1 Å². The van der Waals surface area contributed by atoms with Crippen LogP contribution in [0.2, 0.25) is 5.02 Å². The summed E-state index contributed by atoms with van der Waals surface area (Å²) in [5.74, 6) is -4.07. The molecule has 2 aromatic carbocycles. The lowest BCUT2D eigenvalue weighted by Crippen LogP contribution is -2.30. The van der Waals surface area contributed by atoms with Gasteiger partial charge in [0.05, 0.1) is 24.4 Å². The molecule has 45 heavy (non-hydrogen) atoms. The zero-order chi connectivity index (χ0) is 33.9. The Balaban J connectivity index is 0.00000109. The van der Waals surface area contributed by atoms with Crippen molar-refractivity contribution in [3.05, 3.63) is 74.2 Å². The molecule has 8 nitrogen and oxygen atoms in total. The van der Waals surface area contributed by atoms with Crippen LogP contribution in [0, 0.1) is 11.6 Å². The molecule has 0 bridgehead atoms. The first kappa shape index (κ1) is 36.8. The topological polar surface area (TPSA) is 130 Å². The number of rotatable bonds is 8. The molecule has 0 saturated carbocycles. The number of ether oxygens (including phenoxy) is 2. The molecule has 0 fully saturated rings. The molecule has 0 aliphatic carbocycles. The molecule has 1 aliphatic heterocycles. The summed E-state index contributed by atoms with van der Waals surface area (Å²) >= 11 is 6.19. The fraction of sp³-hybridized carbons (Fsp3) is 0.323. The van der Waals surface area contributed by atoms with Crippen molar-refractivity contribution in [1.82, 2.24) is 10.3 Å². The molecule has 1 aliphatic rings. The van der Waals surface area contributed by atoms with Crippen LogP contribution in [-0.2, 0) is 16.0 Å². The van der Waals surface area contributed by atoms with Crippen LogP contribution in [0.3, 0.4) is 0 Å². The van der Waals surface area contributed by atoms with E-state index in [0.717, 1.165) is 18.6 Å². The number of pyridine rings is 1. The Kier molecular flexibility index (Phi) is 13.6. The first-order valence-electron chi connectivity index (χ1n) is 13.6. The van der Waals surface area contributed by atoms with E-state index in [0.29, 0.717) is 33.9 Å². The number of hydrogen-bond donors (Lipinski definition) is 3. The Morgan fingerprint density at radius 1 is 1.16 bits per heavy atom. The molecule has 2 unspecified atom stereocenters. The van der Waals surface area contributed by atoms with E-state index in [9.17, 15) is 22.0 Å². The van der Waals surface area contributed by atoms with Crippen LogP contribution in [0.15, 0.2) is 30.3 Å².